The fourth-order valence-electron chi connectivity index (χ4n) is 2.42. The third kappa shape index (κ3) is 4.66. The molecule has 1 aliphatic rings. The molecule has 0 heterocycles. The van der Waals surface area contributed by atoms with Crippen molar-refractivity contribution in [1.29, 1.82) is 0 Å². The topological polar surface area (TPSA) is 110 Å². The van der Waals surface area contributed by atoms with Crippen molar-refractivity contribution in [2.45, 2.75) is 62.5 Å². The van der Waals surface area contributed by atoms with Gasteiger partial charge in [0.05, 0.1) is 5.25 Å². The van der Waals surface area contributed by atoms with E-state index in [0.29, 0.717) is 19.3 Å². The Bertz CT molecular complexity index is 558. The highest BCUT2D eigenvalue weighted by molar-refractivity contribution is 7.94. The quantitative estimate of drug-likeness (QED) is 0.555. The summed E-state index contributed by atoms with van der Waals surface area (Å²) in [5.74, 6) is 0. The molecule has 20 heavy (non-hydrogen) atoms. The molecule has 0 amide bonds. The molecular formula is C11H20N2O5S2. The van der Waals surface area contributed by atoms with Crippen LogP contribution in [0.2, 0.25) is 0 Å². The van der Waals surface area contributed by atoms with Crippen LogP contribution in [0.5, 0.6) is 0 Å². The Morgan fingerprint density at radius 3 is 2.30 bits per heavy atom. The first-order chi connectivity index (χ1) is 9.33. The summed E-state index contributed by atoms with van der Waals surface area (Å²) in [6, 6.07) is 0. The van der Waals surface area contributed by atoms with Gasteiger partial charge in [-0.05, 0) is 19.3 Å². The maximum atomic E-state index is 12.5. The van der Waals surface area contributed by atoms with Crippen molar-refractivity contribution in [3.05, 3.63) is 0 Å². The predicted molar refractivity (Wildman–Crippen MR) is 74.7 cm³/mol. The molecule has 0 aromatic rings. The average Bonchev–Trinajstić information content (AvgIpc) is 2.39. The van der Waals surface area contributed by atoms with Crippen LogP contribution in [-0.4, -0.2) is 33.5 Å². The predicted octanol–water partition coefficient (Wildman–Crippen LogP) is 1.03. The van der Waals surface area contributed by atoms with E-state index in [4.69, 9.17) is 0 Å². The zero-order valence-electron chi connectivity index (χ0n) is 11.4. The highest BCUT2D eigenvalue weighted by atomic mass is 32.2. The van der Waals surface area contributed by atoms with E-state index in [2.05, 4.69) is 4.40 Å². The Morgan fingerprint density at radius 1 is 1.20 bits per heavy atom. The standard InChI is InChI=1S/C11H20N2O5S2/c1-2-6-11(13-20(17,18)12-9-14)19(15,16)10-7-4-3-5-8-10/h10-11,13H,2-8H2,1H3. The molecule has 1 aliphatic carbocycles. The molecule has 0 aromatic carbocycles. The molecular weight excluding hydrogens is 304 g/mol. The van der Waals surface area contributed by atoms with Crippen LogP contribution in [0.4, 0.5) is 0 Å². The number of nitrogens with zero attached hydrogens (tertiary/aromatic N) is 1. The van der Waals surface area contributed by atoms with Crippen molar-refractivity contribution in [3.63, 3.8) is 0 Å². The molecule has 0 saturated heterocycles. The van der Waals surface area contributed by atoms with Crippen molar-refractivity contribution in [1.82, 2.24) is 4.72 Å². The van der Waals surface area contributed by atoms with E-state index in [1.54, 1.807) is 6.92 Å². The summed E-state index contributed by atoms with van der Waals surface area (Å²) in [6.07, 6.45) is 5.37. The fraction of sp³-hybridized carbons (Fsp3) is 0.909. The van der Waals surface area contributed by atoms with Gasteiger partial charge in [-0.1, -0.05) is 37.0 Å². The van der Waals surface area contributed by atoms with Crippen LogP contribution in [0, 0.1) is 0 Å². The van der Waals surface area contributed by atoms with Crippen LogP contribution < -0.4 is 4.72 Å². The van der Waals surface area contributed by atoms with Crippen molar-refractivity contribution in [3.8, 4) is 0 Å². The lowest BCUT2D eigenvalue weighted by Crippen LogP contribution is -2.44. The van der Waals surface area contributed by atoms with Crippen LogP contribution in [0.25, 0.3) is 0 Å². The molecule has 0 bridgehead atoms. The second kappa shape index (κ2) is 7.31. The summed E-state index contributed by atoms with van der Waals surface area (Å²) in [4.78, 5) is 10.1. The van der Waals surface area contributed by atoms with Crippen molar-refractivity contribution < 1.29 is 21.6 Å². The lowest BCUT2D eigenvalue weighted by Gasteiger charge is -2.26. The SMILES string of the molecule is CCCC(NS(=O)(=O)N=C=O)S(=O)(=O)C1CCCCC1. The number of nitrogens with one attached hydrogen (secondary N) is 1. The Morgan fingerprint density at radius 2 is 1.80 bits per heavy atom. The first-order valence-electron chi connectivity index (χ1n) is 6.67. The third-order valence-electron chi connectivity index (χ3n) is 3.40. The number of rotatable bonds is 7. The molecule has 1 fully saturated rings. The number of hydrogen-bond acceptors (Lipinski definition) is 5. The maximum Gasteiger partial charge on any atom is 0.331 e. The summed E-state index contributed by atoms with van der Waals surface area (Å²) in [7, 11) is -7.92. The number of hydrogen-bond donors (Lipinski definition) is 1. The van der Waals surface area contributed by atoms with E-state index in [1.165, 1.54) is 0 Å². The van der Waals surface area contributed by atoms with Crippen LogP contribution in [0.1, 0.15) is 51.9 Å². The summed E-state index contributed by atoms with van der Waals surface area (Å²) < 4.78 is 52.5. The molecule has 9 heteroatoms. The van der Waals surface area contributed by atoms with Gasteiger partial charge in [-0.25, -0.2) is 13.2 Å². The Hall–Kier alpha value is -0.760. The van der Waals surface area contributed by atoms with Crippen molar-refractivity contribution in [2.24, 2.45) is 4.40 Å². The number of carbonyl (C=O) groups excluding carboxylic acids is 1. The van der Waals surface area contributed by atoms with Gasteiger partial charge in [0.1, 0.15) is 5.37 Å². The fourth-order valence-corrected chi connectivity index (χ4v) is 5.94. The van der Waals surface area contributed by atoms with Crippen molar-refractivity contribution >= 4 is 26.1 Å². The first kappa shape index (κ1) is 17.3. The number of isocyanates is 1. The molecule has 116 valence electrons. The number of sulfone groups is 1. The molecule has 0 radical (unpaired) electrons. The van der Waals surface area contributed by atoms with E-state index >= 15 is 0 Å². The average molecular weight is 324 g/mol. The largest absolute Gasteiger partial charge is 0.331 e. The lowest BCUT2D eigenvalue weighted by atomic mass is 10.0. The van der Waals surface area contributed by atoms with Gasteiger partial charge in [0, 0.05) is 0 Å². The summed E-state index contributed by atoms with van der Waals surface area (Å²) in [5, 5.41) is -1.74. The van der Waals surface area contributed by atoms with E-state index < -0.39 is 30.7 Å². The second-order valence-corrected chi connectivity index (χ2v) is 8.68. The summed E-state index contributed by atoms with van der Waals surface area (Å²) in [5.41, 5.74) is 0. The normalized spacial score (nSPS) is 19.2. The van der Waals surface area contributed by atoms with Crippen LogP contribution >= 0.6 is 0 Å². The van der Waals surface area contributed by atoms with Gasteiger partial charge >= 0.3 is 10.2 Å². The Labute approximate surface area is 120 Å². The minimum Gasteiger partial charge on any atom is -0.227 e. The van der Waals surface area contributed by atoms with Gasteiger partial charge in [-0.15, -0.1) is 0 Å². The first-order valence-corrected chi connectivity index (χ1v) is 9.72. The molecule has 0 aromatic heterocycles. The van der Waals surface area contributed by atoms with E-state index in [1.807, 2.05) is 4.72 Å². The summed E-state index contributed by atoms with van der Waals surface area (Å²) in [6.45, 7) is 1.76. The van der Waals surface area contributed by atoms with E-state index in [9.17, 15) is 21.6 Å². The van der Waals surface area contributed by atoms with Crippen LogP contribution in [0.15, 0.2) is 4.40 Å². The highest BCUT2D eigenvalue weighted by Gasteiger charge is 2.36. The Kier molecular flexibility index (Phi) is 6.32. The van der Waals surface area contributed by atoms with Crippen molar-refractivity contribution in [2.75, 3.05) is 0 Å². The van der Waals surface area contributed by atoms with Gasteiger partial charge in [0.2, 0.25) is 0 Å². The van der Waals surface area contributed by atoms with Gasteiger partial charge in [-0.3, -0.25) is 0 Å². The molecule has 1 N–H and O–H groups in total. The van der Waals surface area contributed by atoms with Gasteiger partial charge in [-0.2, -0.15) is 13.1 Å². The van der Waals surface area contributed by atoms with Crippen LogP contribution in [0.3, 0.4) is 0 Å². The van der Waals surface area contributed by atoms with Gasteiger partial charge < -0.3 is 0 Å². The molecule has 1 saturated carbocycles. The maximum absolute atomic E-state index is 12.5. The highest BCUT2D eigenvalue weighted by Crippen LogP contribution is 2.27. The molecule has 1 rings (SSSR count). The minimum atomic E-state index is -4.30. The monoisotopic (exact) mass is 324 g/mol. The molecule has 0 aliphatic heterocycles. The van der Waals surface area contributed by atoms with Gasteiger partial charge in [0.15, 0.2) is 9.84 Å². The lowest BCUT2D eigenvalue weighted by molar-refractivity contribution is 0.470. The molecule has 0 spiro atoms. The van der Waals surface area contributed by atoms with Gasteiger partial charge in [0.25, 0.3) is 6.08 Å². The molecule has 1 unspecified atom stereocenters. The summed E-state index contributed by atoms with van der Waals surface area (Å²) >= 11 is 0. The van der Waals surface area contributed by atoms with E-state index in [0.717, 1.165) is 25.3 Å². The molecule has 7 nitrogen and oxygen atoms in total. The van der Waals surface area contributed by atoms with Crippen LogP contribution in [-0.2, 0) is 24.8 Å². The Balaban J connectivity index is 2.96. The molecule has 1 atom stereocenters. The minimum absolute atomic E-state index is 0.159. The third-order valence-corrected chi connectivity index (χ3v) is 7.00. The second-order valence-electron chi connectivity index (χ2n) is 4.90. The smallest absolute Gasteiger partial charge is 0.227 e. The zero-order valence-corrected chi connectivity index (χ0v) is 13.0. The van der Waals surface area contributed by atoms with E-state index in [-0.39, 0.29) is 6.42 Å². The zero-order chi connectivity index (χ0) is 15.2.